The quantitative estimate of drug-likeness (QED) is 0.0610. The van der Waals surface area contributed by atoms with Crippen LogP contribution in [0.1, 0.15) is 150 Å². The molecule has 7 N–H and O–H groups in total. The van der Waals surface area contributed by atoms with E-state index in [0.717, 1.165) is 30.4 Å². The van der Waals surface area contributed by atoms with Crippen LogP contribution in [0.3, 0.4) is 0 Å². The number of nitrogens with one attached hydrogen (secondary N) is 7. The third-order valence-electron chi connectivity index (χ3n) is 14.1. The molecule has 0 aromatic heterocycles. The highest BCUT2D eigenvalue weighted by molar-refractivity contribution is 6.02. The average Bonchev–Trinajstić information content (AvgIpc) is 3.79. The summed E-state index contributed by atoms with van der Waals surface area (Å²) in [4.78, 5) is 112. The molecule has 9 atom stereocenters. The number of carbonyl (C=O) groups excluding carboxylic acids is 8. The smallest absolute Gasteiger partial charge is 0.246 e. The van der Waals surface area contributed by atoms with Gasteiger partial charge >= 0.3 is 0 Å². The number of hydrogen-bond acceptors (Lipinski definition) is 10. The van der Waals surface area contributed by atoms with E-state index in [2.05, 4.69) is 43.3 Å². The van der Waals surface area contributed by atoms with Crippen molar-refractivity contribution in [3.05, 3.63) is 107 Å². The maximum Gasteiger partial charge on any atom is 0.246 e. The monoisotopic (exact) mass is 991 g/mol. The predicted octanol–water partition coefficient (Wildman–Crippen LogP) is 5.27. The van der Waals surface area contributed by atoms with Gasteiger partial charge in [-0.15, -0.1) is 0 Å². The molecule has 0 bridgehead atoms. The van der Waals surface area contributed by atoms with Crippen molar-refractivity contribution in [1.82, 2.24) is 42.1 Å². The van der Waals surface area contributed by atoms with E-state index in [1.807, 2.05) is 76.2 Å². The van der Waals surface area contributed by atoms with E-state index >= 15 is 0 Å². The molecular weight excluding hydrogens is 913 g/mol. The van der Waals surface area contributed by atoms with E-state index in [4.69, 9.17) is 0 Å². The van der Waals surface area contributed by atoms with Crippen LogP contribution in [0.25, 0.3) is 0 Å². The Hall–Kier alpha value is -6.26. The van der Waals surface area contributed by atoms with E-state index in [0.29, 0.717) is 11.1 Å². The molecule has 390 valence electrons. The van der Waals surface area contributed by atoms with Crippen molar-refractivity contribution in [1.29, 1.82) is 0 Å². The van der Waals surface area contributed by atoms with Crippen molar-refractivity contribution in [2.75, 3.05) is 20.6 Å². The highest BCUT2D eigenvalue weighted by Crippen LogP contribution is 2.34. The minimum absolute atomic E-state index is 0.00435. The summed E-state index contributed by atoms with van der Waals surface area (Å²) < 4.78 is 0. The molecule has 0 spiro atoms. The molecule has 0 radical (unpaired) electrons. The molecular formula is C56H78N8O8. The molecule has 3 aromatic rings. The molecule has 0 unspecified atom stereocenters. The number of hydrogen-bond donors (Lipinski definition) is 7. The first kappa shape index (κ1) is 56.7. The van der Waals surface area contributed by atoms with E-state index < -0.39 is 65.3 Å². The van der Waals surface area contributed by atoms with Gasteiger partial charge in [-0.2, -0.15) is 0 Å². The summed E-state index contributed by atoms with van der Waals surface area (Å²) in [6.45, 7) is 14.5. The van der Waals surface area contributed by atoms with Gasteiger partial charge in [0.2, 0.25) is 35.4 Å². The summed E-state index contributed by atoms with van der Waals surface area (Å²) in [7, 11) is 3.30. The van der Waals surface area contributed by atoms with E-state index in [-0.39, 0.29) is 85.9 Å². The molecule has 16 heteroatoms. The van der Waals surface area contributed by atoms with Crippen molar-refractivity contribution in [3.8, 4) is 0 Å². The Morgan fingerprint density at radius 1 is 0.694 bits per heavy atom. The average molecular weight is 991 g/mol. The molecule has 1 aliphatic heterocycles. The van der Waals surface area contributed by atoms with Gasteiger partial charge < -0.3 is 42.1 Å². The SMILES string of the molecule is CN[C@@H](C)C(=O)N[C@H](C(=O)N[C@@H](CCCC(=O)c1cccc(C(=O)C[C@H]2C[C@@H](C(=O)N[C@@H]3CCCc4ccccc43)N(C(=O)[C@@H](NC(=O)[C@H](C)NC)C(C)(C)C)C2)c1)C(=O)N[C@H](C)c1ccccc1)C(C)C. The second-order valence-corrected chi connectivity index (χ2v) is 21.0. The standard InChI is InChI=1S/C56H78N8O8/c1-33(2)48(62-50(67)35(4)57-9)54(71)61-44(52(69)59-34(3)38-19-12-11-13-20-38)27-18-28-46(65)40-23-16-24-41(31-40)47(66)30-37-29-45(53(70)60-43-26-17-22-39-21-14-15-25-42(39)43)64(32-37)55(72)49(56(6,7)8)63-51(68)36(5)58-10/h11-16,19-21,23-25,31,33-37,43-45,48-49,57-58H,17-18,22,26-30,32H2,1-10H3,(H,59,69)(H,60,70)(H,61,71)(H,62,67)(H,63,68)/t34-,35+,36+,37-,43-,44+,45+,48+,49-/m1/s1. The van der Waals surface area contributed by atoms with E-state index in [1.165, 1.54) is 10.5 Å². The lowest BCUT2D eigenvalue weighted by molar-refractivity contribution is -0.144. The molecule has 72 heavy (non-hydrogen) atoms. The highest BCUT2D eigenvalue weighted by atomic mass is 16.2. The zero-order valence-corrected chi connectivity index (χ0v) is 43.9. The largest absolute Gasteiger partial charge is 0.348 e. The molecule has 3 aromatic carbocycles. The first-order chi connectivity index (χ1) is 34.1. The summed E-state index contributed by atoms with van der Waals surface area (Å²) in [5.74, 6) is -3.61. The van der Waals surface area contributed by atoms with Crippen LogP contribution in [0, 0.1) is 17.3 Å². The summed E-state index contributed by atoms with van der Waals surface area (Å²) in [6, 6.07) is 18.3. The number of likely N-dealkylation sites (tertiary alicyclic amines) is 1. The van der Waals surface area contributed by atoms with Crippen LogP contribution < -0.4 is 37.2 Å². The Morgan fingerprint density at radius 2 is 1.32 bits per heavy atom. The number of ketones is 2. The fourth-order valence-electron chi connectivity index (χ4n) is 9.42. The van der Waals surface area contributed by atoms with E-state index in [9.17, 15) is 38.4 Å². The number of carbonyl (C=O) groups is 8. The molecule has 0 saturated carbocycles. The Labute approximate surface area is 425 Å². The second kappa shape index (κ2) is 25.9. The summed E-state index contributed by atoms with van der Waals surface area (Å²) in [6.07, 6.45) is 3.14. The topological polar surface area (TPSA) is 224 Å². The molecule has 1 heterocycles. The van der Waals surface area contributed by atoms with Crippen molar-refractivity contribution < 1.29 is 38.4 Å². The number of amides is 6. The first-order valence-electron chi connectivity index (χ1n) is 25.6. The maximum absolute atomic E-state index is 14.6. The molecule has 16 nitrogen and oxygen atoms in total. The predicted molar refractivity (Wildman–Crippen MR) is 278 cm³/mol. The van der Waals surface area contributed by atoms with Gasteiger partial charge in [-0.3, -0.25) is 38.4 Å². The van der Waals surface area contributed by atoms with Gasteiger partial charge in [0, 0.05) is 30.5 Å². The van der Waals surface area contributed by atoms with Gasteiger partial charge in [0.05, 0.1) is 24.2 Å². The molecule has 2 aliphatic rings. The van der Waals surface area contributed by atoms with Crippen LogP contribution in [0.5, 0.6) is 0 Å². The van der Waals surface area contributed by atoms with Crippen molar-refractivity contribution in [2.24, 2.45) is 17.3 Å². The highest BCUT2D eigenvalue weighted by Gasteiger charge is 2.46. The minimum Gasteiger partial charge on any atom is -0.348 e. The molecule has 1 aliphatic carbocycles. The Kier molecular flexibility index (Phi) is 20.4. The zero-order chi connectivity index (χ0) is 52.9. The Morgan fingerprint density at radius 3 is 1.96 bits per heavy atom. The van der Waals surface area contributed by atoms with E-state index in [1.54, 1.807) is 66.1 Å². The normalized spacial score (nSPS) is 19.1. The van der Waals surface area contributed by atoms with Crippen LogP contribution in [-0.2, 0) is 35.2 Å². The minimum atomic E-state index is -1.03. The van der Waals surface area contributed by atoms with Crippen LogP contribution in [0.4, 0.5) is 0 Å². The first-order valence-corrected chi connectivity index (χ1v) is 25.6. The Bertz CT molecular complexity index is 2400. The van der Waals surface area contributed by atoms with Crippen molar-refractivity contribution in [2.45, 2.75) is 155 Å². The molecule has 1 fully saturated rings. The fraction of sp³-hybridized carbons (Fsp3) is 0.536. The number of aryl methyl sites for hydroxylation is 1. The third-order valence-corrected chi connectivity index (χ3v) is 14.1. The lowest BCUT2D eigenvalue weighted by atomic mass is 9.85. The van der Waals surface area contributed by atoms with Gasteiger partial charge in [-0.25, -0.2) is 0 Å². The summed E-state index contributed by atoms with van der Waals surface area (Å²) >= 11 is 0. The number of nitrogens with zero attached hydrogens (tertiary/aromatic N) is 1. The van der Waals surface area contributed by atoms with Gasteiger partial charge in [0.25, 0.3) is 0 Å². The fourth-order valence-corrected chi connectivity index (χ4v) is 9.42. The lowest BCUT2D eigenvalue weighted by Gasteiger charge is -2.36. The maximum atomic E-state index is 14.6. The molecule has 5 rings (SSSR count). The van der Waals surface area contributed by atoms with Gasteiger partial charge in [0.1, 0.15) is 24.2 Å². The molecule has 1 saturated heterocycles. The van der Waals surface area contributed by atoms with Gasteiger partial charge in [0.15, 0.2) is 11.6 Å². The number of likely N-dealkylation sites (N-methyl/N-ethyl adjacent to an activating group) is 2. The van der Waals surface area contributed by atoms with Crippen LogP contribution in [0.2, 0.25) is 0 Å². The zero-order valence-electron chi connectivity index (χ0n) is 43.9. The summed E-state index contributed by atoms with van der Waals surface area (Å²) in [5.41, 5.74) is 2.99. The number of fused-ring (bicyclic) bond motifs is 1. The van der Waals surface area contributed by atoms with Crippen LogP contribution in [-0.4, -0.2) is 109 Å². The van der Waals surface area contributed by atoms with Crippen molar-refractivity contribution >= 4 is 47.0 Å². The third kappa shape index (κ3) is 15.1. The van der Waals surface area contributed by atoms with Crippen molar-refractivity contribution in [3.63, 3.8) is 0 Å². The number of Topliss-reactive ketones (excluding diaryl/α,β-unsaturated/α-hetero) is 2. The van der Waals surface area contributed by atoms with Gasteiger partial charge in [-0.05, 0) is 113 Å². The Balaban J connectivity index is 1.30. The number of benzene rings is 3. The lowest BCUT2D eigenvalue weighted by Crippen LogP contribution is -2.59. The van der Waals surface area contributed by atoms with Crippen LogP contribution >= 0.6 is 0 Å². The van der Waals surface area contributed by atoms with Gasteiger partial charge in [-0.1, -0.05) is 107 Å². The second-order valence-electron chi connectivity index (χ2n) is 21.0. The van der Waals surface area contributed by atoms with Crippen LogP contribution in [0.15, 0.2) is 78.9 Å². The number of rotatable bonds is 23. The molecule has 6 amide bonds. The summed E-state index contributed by atoms with van der Waals surface area (Å²) in [5, 5.41) is 20.6.